The first-order valence-electron chi connectivity index (χ1n) is 5.35. The minimum Gasteiger partial charge on any atom is -0.472 e. The van der Waals surface area contributed by atoms with Crippen LogP contribution in [0.25, 0.3) is 0 Å². The van der Waals surface area contributed by atoms with E-state index in [4.69, 9.17) is 9.47 Å². The third kappa shape index (κ3) is 1.83. The van der Waals surface area contributed by atoms with E-state index < -0.39 is 5.60 Å². The Bertz CT molecular complexity index is 405. The molecule has 1 aromatic carbocycles. The number of fused-ring (bicyclic) bond motifs is 1. The van der Waals surface area contributed by atoms with Gasteiger partial charge in [-0.15, -0.1) is 0 Å². The number of carbonyl (C=O) groups excluding carboxylic acids is 1. The number of ether oxygens (including phenoxy) is 2. The van der Waals surface area contributed by atoms with Gasteiger partial charge in [0.15, 0.2) is 0 Å². The number of hydrogen-bond acceptors (Lipinski definition) is 4. The smallest absolute Gasteiger partial charge is 0.352 e. The van der Waals surface area contributed by atoms with Crippen molar-refractivity contribution < 1.29 is 14.3 Å². The van der Waals surface area contributed by atoms with Crippen LogP contribution >= 0.6 is 0 Å². The first-order chi connectivity index (χ1) is 7.65. The van der Waals surface area contributed by atoms with Crippen LogP contribution in [0.5, 0.6) is 5.75 Å². The van der Waals surface area contributed by atoms with Crippen molar-refractivity contribution in [1.29, 1.82) is 0 Å². The number of carbonyl (C=O) groups is 1. The summed E-state index contributed by atoms with van der Waals surface area (Å²) in [7, 11) is 0. The number of para-hydroxylation sites is 2. The monoisotopic (exact) mass is 221 g/mol. The molecule has 0 fully saturated rings. The molecule has 0 bridgehead atoms. The lowest BCUT2D eigenvalue weighted by molar-refractivity contribution is -0.159. The summed E-state index contributed by atoms with van der Waals surface area (Å²) in [5.74, 6) is 0.348. The number of hydrogen-bond donors (Lipinski definition) is 1. The Kier molecular flexibility index (Phi) is 2.73. The average Bonchev–Trinajstić information content (AvgIpc) is 2.29. The number of nitrogens with one attached hydrogen (secondary N) is 1. The van der Waals surface area contributed by atoms with E-state index >= 15 is 0 Å². The molecule has 0 saturated heterocycles. The van der Waals surface area contributed by atoms with Crippen LogP contribution in [0.2, 0.25) is 0 Å². The van der Waals surface area contributed by atoms with Gasteiger partial charge in [0.1, 0.15) is 5.75 Å². The van der Waals surface area contributed by atoms with Crippen molar-refractivity contribution in [3.63, 3.8) is 0 Å². The maximum Gasteiger partial charge on any atom is 0.352 e. The van der Waals surface area contributed by atoms with Gasteiger partial charge in [-0.3, -0.25) is 0 Å². The lowest BCUT2D eigenvalue weighted by atomic mass is 10.0. The standard InChI is InChI=1S/C12H15NO3/c1-3-15-11(14)12(2)8-13-9-6-4-5-7-10(9)16-12/h4-7,13H,3,8H2,1-2H3. The largest absolute Gasteiger partial charge is 0.472 e. The lowest BCUT2D eigenvalue weighted by Crippen LogP contribution is -2.50. The molecule has 86 valence electrons. The zero-order chi connectivity index (χ0) is 11.6. The number of rotatable bonds is 2. The summed E-state index contributed by atoms with van der Waals surface area (Å²) >= 11 is 0. The highest BCUT2D eigenvalue weighted by Gasteiger charge is 2.40. The third-order valence-electron chi connectivity index (χ3n) is 2.55. The molecule has 1 N–H and O–H groups in total. The maximum absolute atomic E-state index is 11.7. The summed E-state index contributed by atoms with van der Waals surface area (Å²) < 4.78 is 10.7. The molecular weight excluding hydrogens is 206 g/mol. The van der Waals surface area contributed by atoms with E-state index in [2.05, 4.69) is 5.32 Å². The molecule has 0 aliphatic carbocycles. The van der Waals surface area contributed by atoms with Crippen LogP contribution in [-0.4, -0.2) is 24.7 Å². The normalized spacial score (nSPS) is 22.6. The molecule has 4 nitrogen and oxygen atoms in total. The van der Waals surface area contributed by atoms with E-state index in [9.17, 15) is 4.79 Å². The molecule has 0 amide bonds. The van der Waals surface area contributed by atoms with Gasteiger partial charge in [0.25, 0.3) is 0 Å². The molecule has 2 rings (SSSR count). The minimum absolute atomic E-state index is 0.336. The Morgan fingerprint density at radius 2 is 2.31 bits per heavy atom. The van der Waals surface area contributed by atoms with Gasteiger partial charge in [-0.2, -0.15) is 0 Å². The van der Waals surface area contributed by atoms with E-state index in [0.717, 1.165) is 5.69 Å². The number of esters is 1. The first-order valence-corrected chi connectivity index (χ1v) is 5.35. The number of benzene rings is 1. The van der Waals surface area contributed by atoms with Gasteiger partial charge in [0.2, 0.25) is 5.60 Å². The lowest BCUT2D eigenvalue weighted by Gasteiger charge is -2.34. The highest BCUT2D eigenvalue weighted by Crippen LogP contribution is 2.32. The van der Waals surface area contributed by atoms with Crippen LogP contribution in [0.3, 0.4) is 0 Å². The van der Waals surface area contributed by atoms with Crippen LogP contribution in [0.15, 0.2) is 24.3 Å². The molecule has 1 atom stereocenters. The molecule has 0 radical (unpaired) electrons. The Morgan fingerprint density at radius 3 is 3.06 bits per heavy atom. The fraction of sp³-hybridized carbons (Fsp3) is 0.417. The SMILES string of the molecule is CCOC(=O)C1(C)CNc2ccccc2O1. The molecule has 16 heavy (non-hydrogen) atoms. The van der Waals surface area contributed by atoms with Crippen molar-refractivity contribution >= 4 is 11.7 Å². The Hall–Kier alpha value is -1.71. The molecule has 1 aromatic rings. The van der Waals surface area contributed by atoms with E-state index in [1.54, 1.807) is 13.8 Å². The van der Waals surface area contributed by atoms with Crippen molar-refractivity contribution in [2.75, 3.05) is 18.5 Å². The van der Waals surface area contributed by atoms with Gasteiger partial charge in [-0.25, -0.2) is 4.79 Å². The fourth-order valence-corrected chi connectivity index (χ4v) is 1.64. The topological polar surface area (TPSA) is 47.6 Å². The summed E-state index contributed by atoms with van der Waals surface area (Å²) in [6, 6.07) is 7.54. The van der Waals surface area contributed by atoms with Gasteiger partial charge < -0.3 is 14.8 Å². The van der Waals surface area contributed by atoms with Gasteiger partial charge in [0, 0.05) is 0 Å². The minimum atomic E-state index is -0.940. The second-order valence-electron chi connectivity index (χ2n) is 3.90. The van der Waals surface area contributed by atoms with Crippen LogP contribution in [0.1, 0.15) is 13.8 Å². The highest BCUT2D eigenvalue weighted by molar-refractivity contribution is 5.82. The molecule has 1 unspecified atom stereocenters. The summed E-state index contributed by atoms with van der Waals surface area (Å²) in [6.07, 6.45) is 0. The molecule has 0 spiro atoms. The zero-order valence-corrected chi connectivity index (χ0v) is 9.45. The summed E-state index contributed by atoms with van der Waals surface area (Å²) in [5.41, 5.74) is -0.0334. The van der Waals surface area contributed by atoms with E-state index in [1.165, 1.54) is 0 Å². The van der Waals surface area contributed by atoms with Crippen molar-refractivity contribution in [2.24, 2.45) is 0 Å². The van der Waals surface area contributed by atoms with Crippen LogP contribution in [-0.2, 0) is 9.53 Å². The summed E-state index contributed by atoms with van der Waals surface area (Å²) in [5, 5.41) is 3.17. The Balaban J connectivity index is 2.21. The quantitative estimate of drug-likeness (QED) is 0.774. The number of anilines is 1. The van der Waals surface area contributed by atoms with Gasteiger partial charge in [0.05, 0.1) is 18.8 Å². The van der Waals surface area contributed by atoms with Crippen molar-refractivity contribution in [2.45, 2.75) is 19.4 Å². The molecule has 1 heterocycles. The third-order valence-corrected chi connectivity index (χ3v) is 2.55. The molecule has 1 aliphatic heterocycles. The zero-order valence-electron chi connectivity index (χ0n) is 9.45. The second kappa shape index (κ2) is 4.04. The van der Waals surface area contributed by atoms with Crippen molar-refractivity contribution in [3.8, 4) is 5.75 Å². The van der Waals surface area contributed by atoms with E-state index in [-0.39, 0.29) is 5.97 Å². The molecule has 4 heteroatoms. The van der Waals surface area contributed by atoms with Crippen LogP contribution in [0.4, 0.5) is 5.69 Å². The molecular formula is C12H15NO3. The molecule has 1 aliphatic rings. The molecule has 0 aromatic heterocycles. The Labute approximate surface area is 94.6 Å². The summed E-state index contributed by atoms with van der Waals surface area (Å²) in [4.78, 5) is 11.7. The fourth-order valence-electron chi connectivity index (χ4n) is 1.64. The first kappa shape index (κ1) is 10.8. The Morgan fingerprint density at radius 1 is 1.56 bits per heavy atom. The van der Waals surface area contributed by atoms with Crippen LogP contribution in [0, 0.1) is 0 Å². The predicted molar refractivity (Wildman–Crippen MR) is 60.6 cm³/mol. The van der Waals surface area contributed by atoms with Gasteiger partial charge >= 0.3 is 5.97 Å². The van der Waals surface area contributed by atoms with Crippen LogP contribution < -0.4 is 10.1 Å². The predicted octanol–water partition coefficient (Wildman–Crippen LogP) is 1.81. The maximum atomic E-state index is 11.7. The molecule has 0 saturated carbocycles. The highest BCUT2D eigenvalue weighted by atomic mass is 16.6. The summed E-state index contributed by atoms with van der Waals surface area (Å²) in [6.45, 7) is 4.29. The van der Waals surface area contributed by atoms with Crippen molar-refractivity contribution in [3.05, 3.63) is 24.3 Å². The average molecular weight is 221 g/mol. The van der Waals surface area contributed by atoms with E-state index in [0.29, 0.717) is 18.9 Å². The van der Waals surface area contributed by atoms with Gasteiger partial charge in [-0.05, 0) is 26.0 Å². The van der Waals surface area contributed by atoms with Crippen molar-refractivity contribution in [1.82, 2.24) is 0 Å². The second-order valence-corrected chi connectivity index (χ2v) is 3.90. The van der Waals surface area contributed by atoms with Gasteiger partial charge in [-0.1, -0.05) is 12.1 Å². The van der Waals surface area contributed by atoms with E-state index in [1.807, 2.05) is 24.3 Å².